The highest BCUT2D eigenvalue weighted by atomic mass is 19.4. The minimum absolute atomic E-state index is 0.0235. The van der Waals surface area contributed by atoms with Crippen molar-refractivity contribution in [3.8, 4) is 5.75 Å². The van der Waals surface area contributed by atoms with Gasteiger partial charge in [0.25, 0.3) is 0 Å². The zero-order valence-corrected chi connectivity index (χ0v) is 11.0. The van der Waals surface area contributed by atoms with Gasteiger partial charge in [-0.2, -0.15) is 13.2 Å². The zero-order chi connectivity index (χ0) is 15.5. The number of benzene rings is 2. The van der Waals surface area contributed by atoms with E-state index in [-0.39, 0.29) is 18.9 Å². The minimum Gasteiger partial charge on any atom is -0.486 e. The predicted octanol–water partition coefficient (Wildman–Crippen LogP) is 3.88. The first-order valence-corrected chi connectivity index (χ1v) is 6.17. The van der Waals surface area contributed by atoms with Crippen molar-refractivity contribution in [3.63, 3.8) is 0 Å². The fourth-order valence-electron chi connectivity index (χ4n) is 1.79. The number of nitrogens with two attached hydrogens (primary N) is 1. The summed E-state index contributed by atoms with van der Waals surface area (Å²) in [4.78, 5) is 0. The molecule has 2 nitrogen and oxygen atoms in total. The monoisotopic (exact) mass is 299 g/mol. The second-order valence-electron chi connectivity index (χ2n) is 4.46. The molecule has 2 N–H and O–H groups in total. The molecule has 0 aliphatic carbocycles. The van der Waals surface area contributed by atoms with Crippen molar-refractivity contribution in [3.05, 3.63) is 65.0 Å². The van der Waals surface area contributed by atoms with Crippen molar-refractivity contribution in [1.29, 1.82) is 0 Å². The number of halogens is 4. The van der Waals surface area contributed by atoms with E-state index in [4.69, 9.17) is 10.5 Å². The van der Waals surface area contributed by atoms with Crippen LogP contribution in [-0.2, 0) is 19.3 Å². The number of hydrogen-bond donors (Lipinski definition) is 1. The Kier molecular flexibility index (Phi) is 4.47. The van der Waals surface area contributed by atoms with Crippen LogP contribution in [0, 0.1) is 5.82 Å². The SMILES string of the molecule is NCc1ccc(OCc2cccc(C(F)(F)F)c2)c(F)c1. The Morgan fingerprint density at radius 1 is 1.00 bits per heavy atom. The van der Waals surface area contributed by atoms with Crippen LogP contribution in [0.5, 0.6) is 5.75 Å². The molecule has 21 heavy (non-hydrogen) atoms. The number of rotatable bonds is 4. The Balaban J connectivity index is 2.10. The molecule has 0 atom stereocenters. The second kappa shape index (κ2) is 6.13. The highest BCUT2D eigenvalue weighted by molar-refractivity contribution is 5.30. The molecule has 2 aromatic carbocycles. The highest BCUT2D eigenvalue weighted by Gasteiger charge is 2.30. The van der Waals surface area contributed by atoms with E-state index < -0.39 is 17.6 Å². The highest BCUT2D eigenvalue weighted by Crippen LogP contribution is 2.30. The molecular formula is C15H13F4NO. The van der Waals surface area contributed by atoms with E-state index in [2.05, 4.69) is 0 Å². The molecule has 0 amide bonds. The number of hydrogen-bond acceptors (Lipinski definition) is 2. The van der Waals surface area contributed by atoms with Gasteiger partial charge >= 0.3 is 6.18 Å². The summed E-state index contributed by atoms with van der Waals surface area (Å²) in [5, 5.41) is 0. The van der Waals surface area contributed by atoms with Crippen molar-refractivity contribution in [2.45, 2.75) is 19.3 Å². The fourth-order valence-corrected chi connectivity index (χ4v) is 1.79. The van der Waals surface area contributed by atoms with Crippen molar-refractivity contribution in [1.82, 2.24) is 0 Å². The van der Waals surface area contributed by atoms with E-state index in [0.717, 1.165) is 12.1 Å². The third kappa shape index (κ3) is 3.95. The van der Waals surface area contributed by atoms with E-state index in [9.17, 15) is 17.6 Å². The lowest BCUT2D eigenvalue weighted by molar-refractivity contribution is -0.137. The van der Waals surface area contributed by atoms with Crippen LogP contribution in [0.15, 0.2) is 42.5 Å². The molecule has 2 rings (SSSR count). The summed E-state index contributed by atoms with van der Waals surface area (Å²) in [7, 11) is 0. The zero-order valence-electron chi connectivity index (χ0n) is 11.0. The van der Waals surface area contributed by atoms with Crippen LogP contribution in [0.3, 0.4) is 0 Å². The van der Waals surface area contributed by atoms with Crippen LogP contribution in [0.4, 0.5) is 17.6 Å². The lowest BCUT2D eigenvalue weighted by Gasteiger charge is -2.11. The normalized spacial score (nSPS) is 11.5. The Labute approximate surface area is 119 Å². The van der Waals surface area contributed by atoms with Crippen LogP contribution in [0.25, 0.3) is 0 Å². The first-order chi connectivity index (χ1) is 9.90. The lowest BCUT2D eigenvalue weighted by atomic mass is 10.1. The van der Waals surface area contributed by atoms with Crippen molar-refractivity contribution in [2.75, 3.05) is 0 Å². The van der Waals surface area contributed by atoms with Crippen LogP contribution < -0.4 is 10.5 Å². The van der Waals surface area contributed by atoms with Gasteiger partial charge < -0.3 is 10.5 Å². The Bertz CT molecular complexity index is 625. The van der Waals surface area contributed by atoms with Gasteiger partial charge in [-0.25, -0.2) is 4.39 Å². The van der Waals surface area contributed by atoms with E-state index >= 15 is 0 Å². The molecule has 0 unspecified atom stereocenters. The van der Waals surface area contributed by atoms with Crippen molar-refractivity contribution < 1.29 is 22.3 Å². The molecule has 0 heterocycles. The Morgan fingerprint density at radius 2 is 1.76 bits per heavy atom. The van der Waals surface area contributed by atoms with E-state index in [1.54, 1.807) is 6.07 Å². The molecule has 6 heteroatoms. The van der Waals surface area contributed by atoms with E-state index in [0.29, 0.717) is 11.1 Å². The fraction of sp³-hybridized carbons (Fsp3) is 0.200. The first-order valence-electron chi connectivity index (χ1n) is 6.17. The summed E-state index contributed by atoms with van der Waals surface area (Å²) >= 11 is 0. The summed E-state index contributed by atoms with van der Waals surface area (Å²) in [6.45, 7) is 0.0492. The topological polar surface area (TPSA) is 35.2 Å². The van der Waals surface area contributed by atoms with Gasteiger partial charge in [0.15, 0.2) is 11.6 Å². The first kappa shape index (κ1) is 15.3. The quantitative estimate of drug-likeness (QED) is 0.870. The largest absolute Gasteiger partial charge is 0.486 e. The Morgan fingerprint density at radius 3 is 2.38 bits per heavy atom. The summed E-state index contributed by atoms with van der Waals surface area (Å²) in [5.41, 5.74) is 5.54. The van der Waals surface area contributed by atoms with E-state index in [1.165, 1.54) is 24.3 Å². The smallest absolute Gasteiger partial charge is 0.416 e. The molecule has 0 radical (unpaired) electrons. The number of ether oxygens (including phenoxy) is 1. The van der Waals surface area contributed by atoms with Gasteiger partial charge in [0.2, 0.25) is 0 Å². The van der Waals surface area contributed by atoms with Crippen LogP contribution in [-0.4, -0.2) is 0 Å². The van der Waals surface area contributed by atoms with Gasteiger partial charge in [0.1, 0.15) is 6.61 Å². The average molecular weight is 299 g/mol. The molecule has 0 aliphatic heterocycles. The standard InChI is InChI=1S/C15H13F4NO/c16-13-7-10(8-20)4-5-14(13)21-9-11-2-1-3-12(6-11)15(17,18)19/h1-7H,8-9,20H2. The van der Waals surface area contributed by atoms with Crippen molar-refractivity contribution in [2.24, 2.45) is 5.73 Å². The van der Waals surface area contributed by atoms with Gasteiger partial charge in [0, 0.05) is 6.54 Å². The maximum Gasteiger partial charge on any atom is 0.416 e. The van der Waals surface area contributed by atoms with Gasteiger partial charge in [-0.05, 0) is 35.4 Å². The van der Waals surface area contributed by atoms with Crippen LogP contribution >= 0.6 is 0 Å². The molecule has 2 aromatic rings. The summed E-state index contributed by atoms with van der Waals surface area (Å²) in [5.74, 6) is -0.616. The average Bonchev–Trinajstić information content (AvgIpc) is 2.45. The van der Waals surface area contributed by atoms with Gasteiger partial charge in [-0.1, -0.05) is 18.2 Å². The molecule has 0 saturated heterocycles. The van der Waals surface area contributed by atoms with E-state index in [1.807, 2.05) is 0 Å². The minimum atomic E-state index is -4.41. The molecule has 112 valence electrons. The maximum absolute atomic E-state index is 13.6. The third-order valence-corrected chi connectivity index (χ3v) is 2.88. The number of alkyl halides is 3. The predicted molar refractivity (Wildman–Crippen MR) is 70.1 cm³/mol. The van der Waals surface area contributed by atoms with Crippen LogP contribution in [0.2, 0.25) is 0 Å². The molecule has 0 spiro atoms. The molecule has 0 aromatic heterocycles. The summed E-state index contributed by atoms with van der Waals surface area (Å²) in [6, 6.07) is 8.97. The molecule has 0 bridgehead atoms. The molecule has 0 aliphatic rings. The van der Waals surface area contributed by atoms with Gasteiger partial charge in [-0.3, -0.25) is 0 Å². The van der Waals surface area contributed by atoms with Gasteiger partial charge in [0.05, 0.1) is 5.56 Å². The van der Waals surface area contributed by atoms with Crippen LogP contribution in [0.1, 0.15) is 16.7 Å². The molecule has 0 fully saturated rings. The lowest BCUT2D eigenvalue weighted by Crippen LogP contribution is -2.06. The second-order valence-corrected chi connectivity index (χ2v) is 4.46. The Hall–Kier alpha value is -2.08. The summed E-state index contributed by atoms with van der Waals surface area (Å²) < 4.78 is 56.6. The summed E-state index contributed by atoms with van der Waals surface area (Å²) in [6.07, 6.45) is -4.41. The van der Waals surface area contributed by atoms with Gasteiger partial charge in [-0.15, -0.1) is 0 Å². The molecular weight excluding hydrogens is 286 g/mol. The third-order valence-electron chi connectivity index (χ3n) is 2.88. The van der Waals surface area contributed by atoms with Crippen molar-refractivity contribution >= 4 is 0 Å². The maximum atomic E-state index is 13.6. The molecule has 0 saturated carbocycles.